The van der Waals surface area contributed by atoms with Crippen LogP contribution in [0.25, 0.3) is 0 Å². The zero-order valence-corrected chi connectivity index (χ0v) is 8.71. The van der Waals surface area contributed by atoms with Gasteiger partial charge in [0, 0.05) is 12.1 Å². The summed E-state index contributed by atoms with van der Waals surface area (Å²) in [5, 5.41) is 0. The molecule has 1 aromatic rings. The SMILES string of the molecule is COc1cc(C#CCC(N)=O)c(F)cc1N. The van der Waals surface area contributed by atoms with E-state index in [-0.39, 0.29) is 17.7 Å². The van der Waals surface area contributed by atoms with Crippen molar-refractivity contribution in [2.75, 3.05) is 12.8 Å². The van der Waals surface area contributed by atoms with Crippen molar-refractivity contribution in [1.29, 1.82) is 0 Å². The number of hydrogen-bond acceptors (Lipinski definition) is 3. The van der Waals surface area contributed by atoms with Crippen LogP contribution in [-0.2, 0) is 4.79 Å². The highest BCUT2D eigenvalue weighted by atomic mass is 19.1. The van der Waals surface area contributed by atoms with Gasteiger partial charge in [-0.1, -0.05) is 11.8 Å². The van der Waals surface area contributed by atoms with Gasteiger partial charge < -0.3 is 16.2 Å². The maximum absolute atomic E-state index is 13.3. The first-order valence-electron chi connectivity index (χ1n) is 4.44. The van der Waals surface area contributed by atoms with Crippen molar-refractivity contribution in [2.45, 2.75) is 6.42 Å². The van der Waals surface area contributed by atoms with E-state index in [0.717, 1.165) is 6.07 Å². The summed E-state index contributed by atoms with van der Waals surface area (Å²) >= 11 is 0. The second-order valence-electron chi connectivity index (χ2n) is 3.02. The molecule has 1 rings (SSSR count). The van der Waals surface area contributed by atoms with Gasteiger partial charge in [-0.15, -0.1) is 0 Å². The van der Waals surface area contributed by atoms with Crippen molar-refractivity contribution in [2.24, 2.45) is 5.73 Å². The molecule has 0 fully saturated rings. The molecule has 5 heteroatoms. The second-order valence-corrected chi connectivity index (χ2v) is 3.02. The Labute approximate surface area is 92.4 Å². The smallest absolute Gasteiger partial charge is 0.229 e. The molecule has 0 saturated carbocycles. The summed E-state index contributed by atoms with van der Waals surface area (Å²) in [5.41, 5.74) is 10.7. The van der Waals surface area contributed by atoms with Gasteiger partial charge in [-0.25, -0.2) is 4.39 Å². The van der Waals surface area contributed by atoms with Crippen LogP contribution in [0.5, 0.6) is 5.75 Å². The van der Waals surface area contributed by atoms with E-state index in [0.29, 0.717) is 5.75 Å². The number of benzene rings is 1. The molecule has 0 spiro atoms. The lowest BCUT2D eigenvalue weighted by molar-refractivity contribution is -0.117. The molecule has 0 heterocycles. The highest BCUT2D eigenvalue weighted by molar-refractivity contribution is 5.76. The third-order valence-corrected chi connectivity index (χ3v) is 1.81. The summed E-state index contributed by atoms with van der Waals surface area (Å²) in [5.74, 6) is 4.15. The van der Waals surface area contributed by atoms with Gasteiger partial charge in [-0.05, 0) is 0 Å². The Morgan fingerprint density at radius 3 is 2.81 bits per heavy atom. The fourth-order valence-corrected chi connectivity index (χ4v) is 1.07. The van der Waals surface area contributed by atoms with Gasteiger partial charge >= 0.3 is 0 Å². The molecule has 1 amide bonds. The quantitative estimate of drug-likeness (QED) is 0.569. The van der Waals surface area contributed by atoms with Crippen molar-refractivity contribution < 1.29 is 13.9 Å². The summed E-state index contributed by atoms with van der Waals surface area (Å²) in [7, 11) is 1.42. The lowest BCUT2D eigenvalue weighted by atomic mass is 10.1. The summed E-state index contributed by atoms with van der Waals surface area (Å²) in [6.07, 6.45) is -0.119. The van der Waals surface area contributed by atoms with Crippen molar-refractivity contribution >= 4 is 11.6 Å². The molecule has 0 unspecified atom stereocenters. The number of anilines is 1. The van der Waals surface area contributed by atoms with Gasteiger partial charge in [0.05, 0.1) is 24.8 Å². The standard InChI is InChI=1S/C11H11FN2O2/c1-16-10-5-7(3-2-4-11(14)15)8(12)6-9(10)13/h5-6H,4,13H2,1H3,(H2,14,15). The van der Waals surface area contributed by atoms with Crippen LogP contribution < -0.4 is 16.2 Å². The maximum atomic E-state index is 13.3. The molecule has 0 radical (unpaired) electrons. The zero-order valence-electron chi connectivity index (χ0n) is 8.71. The van der Waals surface area contributed by atoms with Gasteiger partial charge in [0.25, 0.3) is 0 Å². The first-order chi connectivity index (χ1) is 7.54. The number of nitrogens with two attached hydrogens (primary N) is 2. The minimum Gasteiger partial charge on any atom is -0.495 e. The van der Waals surface area contributed by atoms with Crippen LogP contribution in [0.1, 0.15) is 12.0 Å². The van der Waals surface area contributed by atoms with Crippen LogP contribution in [0.2, 0.25) is 0 Å². The number of primary amides is 1. The van der Waals surface area contributed by atoms with E-state index in [4.69, 9.17) is 16.2 Å². The Morgan fingerprint density at radius 1 is 1.56 bits per heavy atom. The maximum Gasteiger partial charge on any atom is 0.229 e. The van der Waals surface area contributed by atoms with E-state index in [1.807, 2.05) is 0 Å². The predicted octanol–water partition coefficient (Wildman–Crippen LogP) is 0.643. The van der Waals surface area contributed by atoms with Crippen LogP contribution in [0.15, 0.2) is 12.1 Å². The van der Waals surface area contributed by atoms with Crippen LogP contribution in [0.4, 0.5) is 10.1 Å². The first kappa shape index (κ1) is 11.9. The molecule has 0 aliphatic carbocycles. The molecule has 0 atom stereocenters. The molecule has 1 aromatic carbocycles. The van der Waals surface area contributed by atoms with Gasteiger partial charge in [-0.3, -0.25) is 4.79 Å². The molecule has 84 valence electrons. The highest BCUT2D eigenvalue weighted by Gasteiger charge is 2.06. The van der Waals surface area contributed by atoms with E-state index < -0.39 is 11.7 Å². The molecular formula is C11H11FN2O2. The van der Waals surface area contributed by atoms with E-state index in [1.54, 1.807) is 0 Å². The Kier molecular flexibility index (Phi) is 3.72. The minimum atomic E-state index is -0.560. The largest absolute Gasteiger partial charge is 0.495 e. The van der Waals surface area contributed by atoms with Crippen molar-refractivity contribution in [3.05, 3.63) is 23.5 Å². The number of rotatable bonds is 2. The van der Waals surface area contributed by atoms with Gasteiger partial charge in [0.1, 0.15) is 11.6 Å². The number of nitrogen functional groups attached to an aromatic ring is 1. The minimum absolute atomic E-state index is 0.118. The number of halogens is 1. The van der Waals surface area contributed by atoms with Crippen LogP contribution in [0.3, 0.4) is 0 Å². The molecular weight excluding hydrogens is 211 g/mol. The van der Waals surface area contributed by atoms with Crippen LogP contribution in [-0.4, -0.2) is 13.0 Å². The lowest BCUT2D eigenvalue weighted by Crippen LogP contribution is -2.08. The number of ether oxygens (including phenoxy) is 1. The summed E-state index contributed by atoms with van der Waals surface area (Å²) in [4.78, 5) is 10.4. The normalized spacial score (nSPS) is 9.12. The van der Waals surface area contributed by atoms with E-state index >= 15 is 0 Å². The molecule has 4 nitrogen and oxygen atoms in total. The predicted molar refractivity (Wildman–Crippen MR) is 58.1 cm³/mol. The number of amides is 1. The Morgan fingerprint density at radius 2 is 2.25 bits per heavy atom. The summed E-state index contributed by atoms with van der Waals surface area (Å²) < 4.78 is 18.3. The topological polar surface area (TPSA) is 78.3 Å². The fraction of sp³-hybridized carbons (Fsp3) is 0.182. The molecule has 0 aliphatic heterocycles. The molecule has 0 saturated heterocycles. The monoisotopic (exact) mass is 222 g/mol. The summed E-state index contributed by atoms with van der Waals surface area (Å²) in [6.45, 7) is 0. The third kappa shape index (κ3) is 2.89. The summed E-state index contributed by atoms with van der Waals surface area (Å²) in [6, 6.07) is 2.49. The number of hydrogen-bond donors (Lipinski definition) is 2. The number of carbonyl (C=O) groups is 1. The first-order valence-corrected chi connectivity index (χ1v) is 4.44. The van der Waals surface area contributed by atoms with E-state index in [2.05, 4.69) is 11.8 Å². The van der Waals surface area contributed by atoms with Crippen molar-refractivity contribution in [3.63, 3.8) is 0 Å². The number of carbonyl (C=O) groups excluding carboxylic acids is 1. The van der Waals surface area contributed by atoms with Gasteiger partial charge in [-0.2, -0.15) is 0 Å². The van der Waals surface area contributed by atoms with Crippen molar-refractivity contribution in [1.82, 2.24) is 0 Å². The average molecular weight is 222 g/mol. The second kappa shape index (κ2) is 5.03. The van der Waals surface area contributed by atoms with E-state index in [1.165, 1.54) is 13.2 Å². The van der Waals surface area contributed by atoms with Gasteiger partial charge in [0.15, 0.2) is 0 Å². The molecule has 4 N–H and O–H groups in total. The highest BCUT2D eigenvalue weighted by Crippen LogP contribution is 2.24. The Hall–Kier alpha value is -2.22. The molecule has 0 bridgehead atoms. The van der Waals surface area contributed by atoms with Crippen LogP contribution in [0, 0.1) is 17.7 Å². The molecule has 0 aliphatic rings. The molecule has 16 heavy (non-hydrogen) atoms. The van der Waals surface area contributed by atoms with Crippen molar-refractivity contribution in [3.8, 4) is 17.6 Å². The third-order valence-electron chi connectivity index (χ3n) is 1.81. The van der Waals surface area contributed by atoms with E-state index in [9.17, 15) is 9.18 Å². The van der Waals surface area contributed by atoms with Crippen LogP contribution >= 0.6 is 0 Å². The Bertz CT molecular complexity index is 475. The lowest BCUT2D eigenvalue weighted by Gasteiger charge is -2.05. The zero-order chi connectivity index (χ0) is 12.1. The number of methoxy groups -OCH3 is 1. The Balaban J connectivity index is 3.03. The molecule has 0 aromatic heterocycles. The van der Waals surface area contributed by atoms with Gasteiger partial charge in [0.2, 0.25) is 5.91 Å². The fourth-order valence-electron chi connectivity index (χ4n) is 1.07. The average Bonchev–Trinajstić information content (AvgIpc) is 2.20.